The Morgan fingerprint density at radius 2 is 2.18 bits per heavy atom. The van der Waals surface area contributed by atoms with Gasteiger partial charge in [-0.25, -0.2) is 4.79 Å². The fourth-order valence-corrected chi connectivity index (χ4v) is 1.35. The number of Topliss-reactive ketones (excluding diaryl/α,β-unsaturated/α-hetero) is 1. The molecule has 1 rings (SSSR count). The number of rotatable bonds is 2. The van der Waals surface area contributed by atoms with Crippen molar-refractivity contribution in [3.63, 3.8) is 0 Å². The number of hydrogen-bond acceptors (Lipinski definition) is 4. The second kappa shape index (κ2) is 5.30. The minimum absolute atomic E-state index is 0.233. The van der Waals surface area contributed by atoms with E-state index in [1.807, 2.05) is 6.07 Å². The number of nitriles is 1. The summed E-state index contributed by atoms with van der Waals surface area (Å²) in [5.41, 5.74) is 0.288. The van der Waals surface area contributed by atoms with Gasteiger partial charge in [0.15, 0.2) is 5.78 Å². The summed E-state index contributed by atoms with van der Waals surface area (Å²) in [6, 6.07) is 1.98. The Kier molecular flexibility index (Phi) is 4.05. The molecule has 1 unspecified atom stereocenters. The van der Waals surface area contributed by atoms with Gasteiger partial charge in [-0.3, -0.25) is 9.69 Å². The van der Waals surface area contributed by atoms with Crippen molar-refractivity contribution >= 4 is 11.9 Å². The van der Waals surface area contributed by atoms with Crippen molar-refractivity contribution in [2.45, 2.75) is 26.9 Å². The number of carbonyl (C=O) groups excluding carboxylic acids is 2. The second-order valence-corrected chi connectivity index (χ2v) is 3.93. The first-order chi connectivity index (χ1) is 7.95. The maximum atomic E-state index is 11.6. The lowest BCUT2D eigenvalue weighted by Gasteiger charge is -2.21. The van der Waals surface area contributed by atoms with Crippen LogP contribution in [0, 0.1) is 17.2 Å². The van der Waals surface area contributed by atoms with Crippen LogP contribution in [-0.2, 0) is 9.53 Å². The van der Waals surface area contributed by atoms with E-state index < -0.39 is 12.0 Å². The molecule has 0 aliphatic carbocycles. The van der Waals surface area contributed by atoms with Crippen LogP contribution in [0.5, 0.6) is 0 Å². The highest BCUT2D eigenvalue weighted by Crippen LogP contribution is 2.20. The highest BCUT2D eigenvalue weighted by molar-refractivity contribution is 5.95. The number of hydrogen-bond donors (Lipinski definition) is 0. The predicted octanol–water partition coefficient (Wildman–Crippen LogP) is 1.97. The minimum atomic E-state index is -0.601. The quantitative estimate of drug-likeness (QED) is 0.732. The van der Waals surface area contributed by atoms with Gasteiger partial charge in [0.2, 0.25) is 0 Å². The highest BCUT2D eigenvalue weighted by atomic mass is 16.6. The molecule has 0 saturated heterocycles. The average Bonchev–Trinajstić information content (AvgIpc) is 2.27. The Labute approximate surface area is 100.0 Å². The van der Waals surface area contributed by atoms with E-state index in [-0.39, 0.29) is 17.5 Å². The second-order valence-electron chi connectivity index (χ2n) is 3.93. The maximum absolute atomic E-state index is 11.6. The summed E-state index contributed by atoms with van der Waals surface area (Å²) in [6.07, 6.45) is 3.48. The number of allylic oxidation sites excluding steroid dienone is 2. The molecular weight excluding hydrogens is 220 g/mol. The number of ether oxygens (including phenoxy) is 1. The molecule has 5 nitrogen and oxygen atoms in total. The molecule has 0 spiro atoms. The summed E-state index contributed by atoms with van der Waals surface area (Å²) in [4.78, 5) is 24.1. The van der Waals surface area contributed by atoms with E-state index in [4.69, 9.17) is 10.00 Å². The SMILES string of the molecule is CC(=O)C1=CN(C(=O)OC(C)C)C=CC1C#N. The van der Waals surface area contributed by atoms with Gasteiger partial charge in [0, 0.05) is 18.0 Å². The Bertz CT molecular complexity index is 430. The summed E-state index contributed by atoms with van der Waals surface area (Å²) < 4.78 is 4.98. The van der Waals surface area contributed by atoms with Crippen LogP contribution in [0.1, 0.15) is 20.8 Å². The molecule has 1 aliphatic heterocycles. The van der Waals surface area contributed by atoms with Crippen molar-refractivity contribution in [3.05, 3.63) is 24.0 Å². The number of carbonyl (C=O) groups is 2. The van der Waals surface area contributed by atoms with Gasteiger partial charge in [0.1, 0.15) is 0 Å². The molecule has 1 aliphatic rings. The van der Waals surface area contributed by atoms with Crippen LogP contribution in [-0.4, -0.2) is 22.9 Å². The lowest BCUT2D eigenvalue weighted by atomic mass is 9.96. The monoisotopic (exact) mass is 234 g/mol. The zero-order chi connectivity index (χ0) is 13.0. The van der Waals surface area contributed by atoms with Gasteiger partial charge in [-0.1, -0.05) is 0 Å². The van der Waals surface area contributed by atoms with E-state index in [2.05, 4.69) is 0 Å². The minimum Gasteiger partial charge on any atom is -0.446 e. The van der Waals surface area contributed by atoms with E-state index in [9.17, 15) is 9.59 Å². The van der Waals surface area contributed by atoms with E-state index in [0.29, 0.717) is 0 Å². The standard InChI is InChI=1S/C12H14N2O3/c1-8(2)17-12(16)14-5-4-10(6-13)11(7-14)9(3)15/h4-5,7-8,10H,1-3H3. The van der Waals surface area contributed by atoms with E-state index in [1.165, 1.54) is 30.3 Å². The Hall–Kier alpha value is -2.09. The van der Waals surface area contributed by atoms with Gasteiger partial charge in [0.25, 0.3) is 0 Å². The number of nitrogens with zero attached hydrogens (tertiary/aromatic N) is 2. The van der Waals surface area contributed by atoms with Gasteiger partial charge >= 0.3 is 6.09 Å². The zero-order valence-electron chi connectivity index (χ0n) is 10.0. The van der Waals surface area contributed by atoms with Gasteiger partial charge in [0.05, 0.1) is 18.1 Å². The van der Waals surface area contributed by atoms with Crippen LogP contribution < -0.4 is 0 Å². The molecule has 0 radical (unpaired) electrons. The first-order valence-corrected chi connectivity index (χ1v) is 5.25. The van der Waals surface area contributed by atoms with Crippen LogP contribution in [0.4, 0.5) is 4.79 Å². The lowest BCUT2D eigenvalue weighted by Crippen LogP contribution is -2.28. The van der Waals surface area contributed by atoms with Crippen LogP contribution in [0.15, 0.2) is 24.0 Å². The summed E-state index contributed by atoms with van der Waals surface area (Å²) >= 11 is 0. The third kappa shape index (κ3) is 3.18. The van der Waals surface area contributed by atoms with Crippen molar-refractivity contribution < 1.29 is 14.3 Å². The van der Waals surface area contributed by atoms with Crippen LogP contribution in [0.25, 0.3) is 0 Å². The van der Waals surface area contributed by atoms with Crippen LogP contribution >= 0.6 is 0 Å². The summed E-state index contributed by atoms with van der Waals surface area (Å²) in [5.74, 6) is -0.834. The van der Waals surface area contributed by atoms with E-state index in [1.54, 1.807) is 13.8 Å². The summed E-state index contributed by atoms with van der Waals surface area (Å²) in [6.45, 7) is 4.83. The van der Waals surface area contributed by atoms with Crippen molar-refractivity contribution in [3.8, 4) is 6.07 Å². The highest BCUT2D eigenvalue weighted by Gasteiger charge is 2.23. The smallest absolute Gasteiger partial charge is 0.418 e. The molecule has 0 bridgehead atoms. The fourth-order valence-electron chi connectivity index (χ4n) is 1.35. The Morgan fingerprint density at radius 1 is 1.53 bits per heavy atom. The van der Waals surface area contributed by atoms with Crippen molar-refractivity contribution in [1.82, 2.24) is 4.90 Å². The Morgan fingerprint density at radius 3 is 2.65 bits per heavy atom. The largest absolute Gasteiger partial charge is 0.446 e. The molecule has 0 saturated carbocycles. The van der Waals surface area contributed by atoms with E-state index >= 15 is 0 Å². The molecule has 1 heterocycles. The Balaban J connectivity index is 2.89. The first kappa shape index (κ1) is 13.0. The lowest BCUT2D eigenvalue weighted by molar-refractivity contribution is -0.113. The topological polar surface area (TPSA) is 70.4 Å². The normalized spacial score (nSPS) is 18.6. The van der Waals surface area contributed by atoms with E-state index in [0.717, 1.165) is 0 Å². The summed E-state index contributed by atoms with van der Waals surface area (Å²) in [5, 5.41) is 8.85. The fraction of sp³-hybridized carbons (Fsp3) is 0.417. The van der Waals surface area contributed by atoms with Crippen LogP contribution in [0.2, 0.25) is 0 Å². The number of amides is 1. The molecule has 0 aromatic carbocycles. The first-order valence-electron chi connectivity index (χ1n) is 5.25. The molecule has 0 aromatic rings. The van der Waals surface area contributed by atoms with Crippen molar-refractivity contribution in [1.29, 1.82) is 5.26 Å². The zero-order valence-corrected chi connectivity index (χ0v) is 10.0. The van der Waals surface area contributed by atoms with Crippen molar-refractivity contribution in [2.75, 3.05) is 0 Å². The molecule has 0 aromatic heterocycles. The molecule has 1 amide bonds. The summed E-state index contributed by atoms with van der Waals surface area (Å²) in [7, 11) is 0. The molecule has 0 fully saturated rings. The van der Waals surface area contributed by atoms with Crippen LogP contribution in [0.3, 0.4) is 0 Å². The van der Waals surface area contributed by atoms with Gasteiger partial charge in [-0.05, 0) is 26.8 Å². The molecule has 17 heavy (non-hydrogen) atoms. The molecule has 0 N–H and O–H groups in total. The van der Waals surface area contributed by atoms with Gasteiger partial charge in [-0.15, -0.1) is 0 Å². The van der Waals surface area contributed by atoms with Gasteiger partial charge in [-0.2, -0.15) is 5.26 Å². The third-order valence-electron chi connectivity index (χ3n) is 2.15. The number of ketones is 1. The average molecular weight is 234 g/mol. The molecule has 1 atom stereocenters. The predicted molar refractivity (Wildman–Crippen MR) is 60.5 cm³/mol. The maximum Gasteiger partial charge on any atom is 0.418 e. The van der Waals surface area contributed by atoms with Crippen molar-refractivity contribution in [2.24, 2.45) is 5.92 Å². The van der Waals surface area contributed by atoms with Gasteiger partial charge < -0.3 is 4.74 Å². The molecule has 90 valence electrons. The third-order valence-corrected chi connectivity index (χ3v) is 2.15. The molecular formula is C12H14N2O3. The molecule has 5 heteroatoms.